The molecule has 0 radical (unpaired) electrons. The molecule has 1 fully saturated rings. The number of nitrogens with one attached hydrogen (secondary N) is 3. The SMILES string of the molecule is O=C(N/N=C\c1cn(-c2ccccc2)nc1-c1ccc(Br)cc1)C(=O)Nc1ccccc1C(=O)NC1CCCCC1. The summed E-state index contributed by atoms with van der Waals surface area (Å²) in [5.74, 6) is -2.18. The van der Waals surface area contributed by atoms with Crippen LogP contribution in [0.4, 0.5) is 5.69 Å². The van der Waals surface area contributed by atoms with Crippen molar-refractivity contribution in [3.63, 3.8) is 0 Å². The molecule has 9 nitrogen and oxygen atoms in total. The number of hydrazone groups is 1. The van der Waals surface area contributed by atoms with Gasteiger partial charge in [0.25, 0.3) is 5.91 Å². The number of nitrogens with zero attached hydrogens (tertiary/aromatic N) is 3. The summed E-state index contributed by atoms with van der Waals surface area (Å²) in [6, 6.07) is 24.0. The maximum absolute atomic E-state index is 12.9. The third-order valence-electron chi connectivity index (χ3n) is 6.82. The van der Waals surface area contributed by atoms with Gasteiger partial charge in [0.2, 0.25) is 0 Å². The number of rotatable bonds is 7. The van der Waals surface area contributed by atoms with Crippen LogP contribution in [0.2, 0.25) is 0 Å². The molecule has 3 aromatic carbocycles. The summed E-state index contributed by atoms with van der Waals surface area (Å²) in [4.78, 5) is 38.2. The van der Waals surface area contributed by atoms with Gasteiger partial charge in [-0.25, -0.2) is 10.1 Å². The molecule has 1 aliphatic carbocycles. The lowest BCUT2D eigenvalue weighted by Gasteiger charge is -2.23. The summed E-state index contributed by atoms with van der Waals surface area (Å²) in [7, 11) is 0. The minimum Gasteiger partial charge on any atom is -0.349 e. The number of carbonyl (C=O) groups excluding carboxylic acids is 3. The molecule has 1 heterocycles. The van der Waals surface area contributed by atoms with Crippen molar-refractivity contribution in [1.82, 2.24) is 20.5 Å². The topological polar surface area (TPSA) is 117 Å². The third-order valence-corrected chi connectivity index (χ3v) is 7.35. The van der Waals surface area contributed by atoms with Crippen LogP contribution >= 0.6 is 15.9 Å². The van der Waals surface area contributed by atoms with Gasteiger partial charge in [-0.2, -0.15) is 10.2 Å². The molecule has 1 aliphatic rings. The van der Waals surface area contributed by atoms with E-state index in [4.69, 9.17) is 5.10 Å². The molecule has 208 valence electrons. The number of benzene rings is 3. The number of aromatic nitrogens is 2. The number of amides is 3. The summed E-state index contributed by atoms with van der Waals surface area (Å²) in [6.07, 6.45) is 8.47. The van der Waals surface area contributed by atoms with Crippen molar-refractivity contribution >= 4 is 45.6 Å². The summed E-state index contributed by atoms with van der Waals surface area (Å²) in [5, 5.41) is 14.3. The Morgan fingerprint density at radius 3 is 2.34 bits per heavy atom. The first kappa shape index (κ1) is 28.0. The highest BCUT2D eigenvalue weighted by molar-refractivity contribution is 9.10. The normalized spacial score (nSPS) is 13.6. The van der Waals surface area contributed by atoms with E-state index in [1.807, 2.05) is 54.6 Å². The average Bonchev–Trinajstić information content (AvgIpc) is 3.43. The molecule has 41 heavy (non-hydrogen) atoms. The van der Waals surface area contributed by atoms with Gasteiger partial charge in [0, 0.05) is 27.8 Å². The highest BCUT2D eigenvalue weighted by Gasteiger charge is 2.21. The van der Waals surface area contributed by atoms with Crippen LogP contribution in [0.15, 0.2) is 94.6 Å². The zero-order chi connectivity index (χ0) is 28.6. The number of halogens is 1. The van der Waals surface area contributed by atoms with Crippen LogP contribution < -0.4 is 16.1 Å². The number of carbonyl (C=O) groups is 3. The minimum absolute atomic E-state index is 0.117. The fraction of sp³-hybridized carbons (Fsp3) is 0.194. The van der Waals surface area contributed by atoms with Crippen molar-refractivity contribution in [2.45, 2.75) is 38.1 Å². The molecule has 0 saturated heterocycles. The first-order valence-corrected chi connectivity index (χ1v) is 14.2. The Labute approximate surface area is 246 Å². The average molecular weight is 614 g/mol. The molecule has 3 amide bonds. The van der Waals surface area contributed by atoms with Gasteiger partial charge in [0.15, 0.2) is 0 Å². The Bertz CT molecular complexity index is 1560. The summed E-state index contributed by atoms with van der Waals surface area (Å²) >= 11 is 3.45. The molecule has 0 atom stereocenters. The fourth-order valence-electron chi connectivity index (χ4n) is 4.72. The van der Waals surface area contributed by atoms with Crippen molar-refractivity contribution in [2.24, 2.45) is 5.10 Å². The summed E-state index contributed by atoms with van der Waals surface area (Å²) in [6.45, 7) is 0. The highest BCUT2D eigenvalue weighted by Crippen LogP contribution is 2.25. The van der Waals surface area contributed by atoms with Gasteiger partial charge in [-0.3, -0.25) is 14.4 Å². The second-order valence-corrected chi connectivity index (χ2v) is 10.6. The lowest BCUT2D eigenvalue weighted by atomic mass is 9.95. The zero-order valence-corrected chi connectivity index (χ0v) is 23.8. The highest BCUT2D eigenvalue weighted by atomic mass is 79.9. The van der Waals surface area contributed by atoms with E-state index in [1.165, 1.54) is 12.6 Å². The largest absolute Gasteiger partial charge is 0.349 e. The Morgan fingerprint density at radius 1 is 0.878 bits per heavy atom. The van der Waals surface area contributed by atoms with Gasteiger partial charge in [-0.15, -0.1) is 0 Å². The Balaban J connectivity index is 1.27. The van der Waals surface area contributed by atoms with Crippen molar-refractivity contribution in [1.29, 1.82) is 0 Å². The molecule has 0 unspecified atom stereocenters. The molecular formula is C31H29BrN6O3. The first-order valence-electron chi connectivity index (χ1n) is 13.4. The monoisotopic (exact) mass is 612 g/mol. The van der Waals surface area contributed by atoms with Gasteiger partial charge in [-0.05, 0) is 49.2 Å². The van der Waals surface area contributed by atoms with Crippen LogP contribution in [-0.4, -0.2) is 39.8 Å². The van der Waals surface area contributed by atoms with E-state index >= 15 is 0 Å². The number of para-hydroxylation sites is 2. The van der Waals surface area contributed by atoms with Crippen molar-refractivity contribution in [3.05, 3.63) is 101 Å². The molecule has 0 aliphatic heterocycles. The maximum Gasteiger partial charge on any atom is 0.329 e. The smallest absolute Gasteiger partial charge is 0.329 e. The second kappa shape index (κ2) is 13.2. The van der Waals surface area contributed by atoms with Crippen molar-refractivity contribution in [3.8, 4) is 16.9 Å². The lowest BCUT2D eigenvalue weighted by molar-refractivity contribution is -0.136. The summed E-state index contributed by atoms with van der Waals surface area (Å²) < 4.78 is 2.66. The first-order chi connectivity index (χ1) is 20.0. The van der Waals surface area contributed by atoms with Crippen molar-refractivity contribution < 1.29 is 14.4 Å². The van der Waals surface area contributed by atoms with Crippen LogP contribution in [-0.2, 0) is 9.59 Å². The van der Waals surface area contributed by atoms with E-state index in [2.05, 4.69) is 37.1 Å². The molecule has 0 spiro atoms. The van der Waals surface area contributed by atoms with Crippen LogP contribution in [0.3, 0.4) is 0 Å². The molecule has 1 saturated carbocycles. The lowest BCUT2D eigenvalue weighted by Crippen LogP contribution is -2.37. The summed E-state index contributed by atoms with van der Waals surface area (Å²) in [5.41, 5.74) is 5.85. The molecule has 0 bridgehead atoms. The minimum atomic E-state index is -0.968. The van der Waals surface area contributed by atoms with E-state index in [0.29, 0.717) is 16.8 Å². The predicted molar refractivity (Wildman–Crippen MR) is 162 cm³/mol. The van der Waals surface area contributed by atoms with Crippen LogP contribution in [0.5, 0.6) is 0 Å². The van der Waals surface area contributed by atoms with Gasteiger partial charge in [-0.1, -0.05) is 77.7 Å². The number of hydrogen-bond acceptors (Lipinski definition) is 5. The molecule has 10 heteroatoms. The molecule has 5 rings (SSSR count). The number of hydrogen-bond donors (Lipinski definition) is 3. The van der Waals surface area contributed by atoms with Gasteiger partial charge >= 0.3 is 11.8 Å². The van der Waals surface area contributed by atoms with E-state index in [0.717, 1.165) is 41.4 Å². The Morgan fingerprint density at radius 2 is 1.59 bits per heavy atom. The van der Waals surface area contributed by atoms with Gasteiger partial charge in [0.1, 0.15) is 5.69 Å². The van der Waals surface area contributed by atoms with Crippen LogP contribution in [0, 0.1) is 0 Å². The Kier molecular flexibility index (Phi) is 9.00. The third kappa shape index (κ3) is 7.15. The van der Waals surface area contributed by atoms with E-state index in [-0.39, 0.29) is 17.6 Å². The molecule has 3 N–H and O–H groups in total. The second-order valence-electron chi connectivity index (χ2n) is 9.73. The van der Waals surface area contributed by atoms with E-state index in [9.17, 15) is 14.4 Å². The van der Waals surface area contributed by atoms with Crippen molar-refractivity contribution in [2.75, 3.05) is 5.32 Å². The zero-order valence-electron chi connectivity index (χ0n) is 22.2. The quantitative estimate of drug-likeness (QED) is 0.146. The molecular weight excluding hydrogens is 584 g/mol. The van der Waals surface area contributed by atoms with Crippen LogP contribution in [0.1, 0.15) is 48.0 Å². The molecule has 1 aromatic heterocycles. The predicted octanol–water partition coefficient (Wildman–Crippen LogP) is 5.45. The van der Waals surface area contributed by atoms with E-state index in [1.54, 1.807) is 35.1 Å². The Hall–Kier alpha value is -4.57. The van der Waals surface area contributed by atoms with Gasteiger partial charge < -0.3 is 10.6 Å². The standard InChI is InChI=1S/C31H29BrN6O3/c32-23-17-15-21(16-18-23)28-22(20-38(37-28)25-11-5-2-6-12-25)19-33-36-31(41)30(40)35-27-14-8-7-13-26(27)29(39)34-24-9-3-1-4-10-24/h2,5-8,11-20,24H,1,3-4,9-10H2,(H,34,39)(H,35,40)(H,36,41)/b33-19-. The van der Waals surface area contributed by atoms with Gasteiger partial charge in [0.05, 0.1) is 23.2 Å². The van der Waals surface area contributed by atoms with Crippen LogP contribution in [0.25, 0.3) is 16.9 Å². The fourth-order valence-corrected chi connectivity index (χ4v) is 4.98. The maximum atomic E-state index is 12.9. The number of anilines is 1. The van der Waals surface area contributed by atoms with E-state index < -0.39 is 11.8 Å². The molecule has 4 aromatic rings.